The van der Waals surface area contributed by atoms with Crippen LogP contribution in [-0.2, 0) is 13.0 Å². The SMILES string of the molecule is O=C(Nc1cccnc1N1CCCC1)N1CCc2[nH]ncc2C1. The first kappa shape index (κ1) is 14.0. The molecule has 7 heteroatoms. The number of hydrogen-bond acceptors (Lipinski definition) is 4. The number of amides is 2. The van der Waals surface area contributed by atoms with Crippen LogP contribution >= 0.6 is 0 Å². The summed E-state index contributed by atoms with van der Waals surface area (Å²) in [5.74, 6) is 0.874. The molecule has 4 heterocycles. The summed E-state index contributed by atoms with van der Waals surface area (Å²) in [6.45, 7) is 3.29. The Labute approximate surface area is 134 Å². The first-order chi connectivity index (χ1) is 11.3. The summed E-state index contributed by atoms with van der Waals surface area (Å²) >= 11 is 0. The van der Waals surface area contributed by atoms with Gasteiger partial charge in [0.1, 0.15) is 0 Å². The molecule has 7 nitrogen and oxygen atoms in total. The highest BCUT2D eigenvalue weighted by atomic mass is 16.2. The maximum absolute atomic E-state index is 12.6. The normalized spacial score (nSPS) is 17.2. The summed E-state index contributed by atoms with van der Waals surface area (Å²) in [6, 6.07) is 3.70. The second kappa shape index (κ2) is 5.91. The lowest BCUT2D eigenvalue weighted by molar-refractivity contribution is 0.206. The van der Waals surface area contributed by atoms with Crippen LogP contribution in [0.25, 0.3) is 0 Å². The standard InChI is InChI=1S/C16H20N6O/c23-16(22-9-5-13-12(11-22)10-18-20-13)19-14-4-3-6-17-15(14)21-7-1-2-8-21/h3-4,6,10H,1-2,5,7-9,11H2,(H,18,20)(H,19,23). The second-order valence-corrected chi connectivity index (χ2v) is 6.04. The van der Waals surface area contributed by atoms with Crippen molar-refractivity contribution in [3.05, 3.63) is 35.8 Å². The Morgan fingerprint density at radius 2 is 2.13 bits per heavy atom. The van der Waals surface area contributed by atoms with Gasteiger partial charge in [-0.25, -0.2) is 9.78 Å². The zero-order chi connectivity index (χ0) is 15.6. The topological polar surface area (TPSA) is 77.2 Å². The summed E-state index contributed by atoms with van der Waals surface area (Å²) in [7, 11) is 0. The maximum atomic E-state index is 12.6. The van der Waals surface area contributed by atoms with Crippen molar-refractivity contribution in [2.24, 2.45) is 0 Å². The molecule has 1 fully saturated rings. The van der Waals surface area contributed by atoms with Crippen molar-refractivity contribution in [1.29, 1.82) is 0 Å². The Morgan fingerprint density at radius 3 is 3.00 bits per heavy atom. The Balaban J connectivity index is 1.49. The molecule has 23 heavy (non-hydrogen) atoms. The number of anilines is 2. The zero-order valence-corrected chi connectivity index (χ0v) is 13.0. The van der Waals surface area contributed by atoms with Crippen molar-refractivity contribution in [2.45, 2.75) is 25.8 Å². The third-order valence-corrected chi connectivity index (χ3v) is 4.52. The molecule has 2 aromatic heterocycles. The Hall–Kier alpha value is -2.57. The molecule has 2 aliphatic heterocycles. The van der Waals surface area contributed by atoms with Gasteiger partial charge in [0.25, 0.3) is 0 Å². The van der Waals surface area contributed by atoms with Gasteiger partial charge < -0.3 is 15.1 Å². The fourth-order valence-electron chi connectivity index (χ4n) is 3.27. The summed E-state index contributed by atoms with van der Waals surface area (Å²) in [4.78, 5) is 21.1. The molecule has 1 saturated heterocycles. The van der Waals surface area contributed by atoms with Crippen LogP contribution in [0.5, 0.6) is 0 Å². The number of carbonyl (C=O) groups is 1. The van der Waals surface area contributed by atoms with Crippen LogP contribution in [-0.4, -0.2) is 45.7 Å². The molecule has 0 saturated carbocycles. The van der Waals surface area contributed by atoms with Crippen LogP contribution < -0.4 is 10.2 Å². The van der Waals surface area contributed by atoms with Gasteiger partial charge in [0.05, 0.1) is 18.4 Å². The minimum absolute atomic E-state index is 0.0784. The summed E-state index contributed by atoms with van der Waals surface area (Å²) in [5, 5.41) is 10.1. The van der Waals surface area contributed by atoms with Gasteiger partial charge in [0.2, 0.25) is 0 Å². The lowest BCUT2D eigenvalue weighted by atomic mass is 10.1. The monoisotopic (exact) mass is 312 g/mol. The summed E-state index contributed by atoms with van der Waals surface area (Å²) < 4.78 is 0. The highest BCUT2D eigenvalue weighted by Crippen LogP contribution is 2.27. The molecule has 2 aromatic rings. The smallest absolute Gasteiger partial charge is 0.322 e. The van der Waals surface area contributed by atoms with Crippen molar-refractivity contribution in [2.75, 3.05) is 29.9 Å². The van der Waals surface area contributed by atoms with E-state index in [9.17, 15) is 4.79 Å². The van der Waals surface area contributed by atoms with E-state index in [1.54, 1.807) is 12.4 Å². The molecule has 0 aromatic carbocycles. The number of carbonyl (C=O) groups excluding carboxylic acids is 1. The average Bonchev–Trinajstić information content (AvgIpc) is 3.26. The fraction of sp³-hybridized carbons (Fsp3) is 0.438. The van der Waals surface area contributed by atoms with Gasteiger partial charge in [0, 0.05) is 43.5 Å². The second-order valence-electron chi connectivity index (χ2n) is 6.04. The van der Waals surface area contributed by atoms with E-state index >= 15 is 0 Å². The number of fused-ring (bicyclic) bond motifs is 1. The van der Waals surface area contributed by atoms with Crippen LogP contribution in [0.1, 0.15) is 24.1 Å². The molecule has 0 unspecified atom stereocenters. The molecule has 0 bridgehead atoms. The van der Waals surface area contributed by atoms with Crippen molar-refractivity contribution in [3.8, 4) is 0 Å². The Kier molecular flexibility index (Phi) is 3.61. The molecule has 2 amide bonds. The quantitative estimate of drug-likeness (QED) is 0.889. The van der Waals surface area contributed by atoms with E-state index in [1.165, 1.54) is 12.8 Å². The third kappa shape index (κ3) is 2.74. The van der Waals surface area contributed by atoms with Gasteiger partial charge in [0.15, 0.2) is 5.82 Å². The van der Waals surface area contributed by atoms with E-state index < -0.39 is 0 Å². The van der Waals surface area contributed by atoms with Gasteiger partial charge in [-0.15, -0.1) is 0 Å². The van der Waals surface area contributed by atoms with E-state index in [0.29, 0.717) is 13.1 Å². The summed E-state index contributed by atoms with van der Waals surface area (Å²) in [6.07, 6.45) is 6.75. The molecule has 0 aliphatic carbocycles. The molecule has 0 radical (unpaired) electrons. The number of nitrogens with one attached hydrogen (secondary N) is 2. The van der Waals surface area contributed by atoms with Gasteiger partial charge >= 0.3 is 6.03 Å². The number of H-pyrrole nitrogens is 1. The number of rotatable bonds is 2. The van der Waals surface area contributed by atoms with Gasteiger partial charge in [-0.2, -0.15) is 5.10 Å². The fourth-order valence-corrected chi connectivity index (χ4v) is 3.27. The summed E-state index contributed by atoms with van der Waals surface area (Å²) in [5.41, 5.74) is 3.02. The van der Waals surface area contributed by atoms with Crippen LogP contribution in [0.3, 0.4) is 0 Å². The third-order valence-electron chi connectivity index (χ3n) is 4.52. The van der Waals surface area contributed by atoms with E-state index in [4.69, 9.17) is 0 Å². The first-order valence-corrected chi connectivity index (χ1v) is 8.08. The highest BCUT2D eigenvalue weighted by molar-refractivity contribution is 5.92. The Bertz CT molecular complexity index is 706. The largest absolute Gasteiger partial charge is 0.355 e. The zero-order valence-electron chi connectivity index (χ0n) is 13.0. The lowest BCUT2D eigenvalue weighted by Gasteiger charge is -2.27. The number of nitrogens with zero attached hydrogens (tertiary/aromatic N) is 4. The van der Waals surface area contributed by atoms with Crippen molar-refractivity contribution < 1.29 is 4.79 Å². The van der Waals surface area contributed by atoms with E-state index in [2.05, 4.69) is 25.4 Å². The van der Waals surface area contributed by atoms with Crippen molar-refractivity contribution in [1.82, 2.24) is 20.1 Å². The number of aromatic nitrogens is 3. The molecule has 2 aliphatic rings. The Morgan fingerprint density at radius 1 is 1.26 bits per heavy atom. The van der Waals surface area contributed by atoms with Crippen molar-refractivity contribution >= 4 is 17.5 Å². The minimum Gasteiger partial charge on any atom is -0.355 e. The average molecular weight is 312 g/mol. The van der Waals surface area contributed by atoms with Crippen LogP contribution in [0, 0.1) is 0 Å². The maximum Gasteiger partial charge on any atom is 0.322 e. The lowest BCUT2D eigenvalue weighted by Crippen LogP contribution is -2.39. The molecule has 120 valence electrons. The number of aromatic amines is 1. The van der Waals surface area contributed by atoms with Gasteiger partial charge in [-0.3, -0.25) is 5.10 Å². The number of urea groups is 1. The molecule has 0 atom stereocenters. The van der Waals surface area contributed by atoms with Crippen molar-refractivity contribution in [3.63, 3.8) is 0 Å². The number of pyridine rings is 1. The van der Waals surface area contributed by atoms with Crippen LogP contribution in [0.2, 0.25) is 0 Å². The molecule has 0 spiro atoms. The van der Waals surface area contributed by atoms with Crippen LogP contribution in [0.15, 0.2) is 24.5 Å². The molecular formula is C16H20N6O. The highest BCUT2D eigenvalue weighted by Gasteiger charge is 2.24. The van der Waals surface area contributed by atoms with E-state index in [0.717, 1.165) is 42.3 Å². The first-order valence-electron chi connectivity index (χ1n) is 8.08. The predicted octanol–water partition coefficient (Wildman–Crippen LogP) is 2.00. The molecule has 4 rings (SSSR count). The van der Waals surface area contributed by atoms with Gasteiger partial charge in [-0.1, -0.05) is 0 Å². The van der Waals surface area contributed by atoms with E-state index in [1.807, 2.05) is 17.0 Å². The molecule has 2 N–H and O–H groups in total. The van der Waals surface area contributed by atoms with Crippen LogP contribution in [0.4, 0.5) is 16.3 Å². The number of hydrogen-bond donors (Lipinski definition) is 2. The van der Waals surface area contributed by atoms with Gasteiger partial charge in [-0.05, 0) is 25.0 Å². The predicted molar refractivity (Wildman–Crippen MR) is 87.4 cm³/mol. The van der Waals surface area contributed by atoms with E-state index in [-0.39, 0.29) is 6.03 Å². The molecular weight excluding hydrogens is 292 g/mol. The minimum atomic E-state index is -0.0784.